The van der Waals surface area contributed by atoms with Gasteiger partial charge in [0, 0.05) is 18.7 Å². The van der Waals surface area contributed by atoms with Crippen LogP contribution < -0.4 is 20.9 Å². The fourth-order valence-corrected chi connectivity index (χ4v) is 6.97. The number of esters is 1. The van der Waals surface area contributed by atoms with Crippen LogP contribution in [0.4, 0.5) is 8.78 Å². The lowest BCUT2D eigenvalue weighted by Gasteiger charge is -2.25. The number of alkyl halides is 1. The summed E-state index contributed by atoms with van der Waals surface area (Å²) in [7, 11) is -4.47. The molecule has 1 spiro atoms. The first-order valence-corrected chi connectivity index (χ1v) is 15.8. The van der Waals surface area contributed by atoms with Crippen LogP contribution in [0.15, 0.2) is 64.3 Å². The van der Waals surface area contributed by atoms with Crippen LogP contribution in [-0.2, 0) is 23.4 Å². The van der Waals surface area contributed by atoms with E-state index >= 15 is 4.39 Å². The average Bonchev–Trinajstić information content (AvgIpc) is 3.59. The number of nitrogens with zero attached hydrogens (tertiary/aromatic N) is 1. The van der Waals surface area contributed by atoms with Gasteiger partial charge in [-0.3, -0.25) is 23.7 Å². The molecule has 5 rings (SSSR count). The molecule has 1 saturated carbocycles. The number of aromatic amines is 1. The van der Waals surface area contributed by atoms with Crippen molar-refractivity contribution in [2.24, 2.45) is 0 Å². The molecule has 0 bridgehead atoms. The maximum atomic E-state index is 15.9. The van der Waals surface area contributed by atoms with Gasteiger partial charge in [-0.15, -0.1) is 0 Å². The average molecular weight is 650 g/mol. The Bertz CT molecular complexity index is 1760. The number of carbonyl (C=O) groups excluding carboxylic acids is 1. The molecule has 1 aliphatic heterocycles. The third kappa shape index (κ3) is 6.52. The van der Waals surface area contributed by atoms with E-state index in [1.807, 2.05) is 4.98 Å². The number of aromatic nitrogens is 2. The Kier molecular flexibility index (Phi) is 8.66. The van der Waals surface area contributed by atoms with Gasteiger partial charge in [0.25, 0.3) is 5.56 Å². The number of aryl methyl sites for hydroxylation is 1. The molecular weight excluding hydrogens is 615 g/mol. The number of hydrogen-bond acceptors (Lipinski definition) is 9. The summed E-state index contributed by atoms with van der Waals surface area (Å²) in [4.78, 5) is 38.5. The standard InChI is InChI=1S/C30H34F2N3O9P/c1-16(2)41-25(37)18(4)34-45(40,43-21-9-6-19(7-10-21)20-8-11-22(31)17(3)14-20)44-23-15-30(23)26(38)29(5,32)27(42-30)35-13-12-24(36)33-28(35)39/h6-14,16,18,23,26-27,38H,15H2,1-5H3,(H,34,40)(H,33,36,39)/t18-,23+,26-,27+,29+,30+,45?/m0/s1. The molecule has 3 N–H and O–H groups in total. The van der Waals surface area contributed by atoms with E-state index in [0.29, 0.717) is 5.56 Å². The number of benzene rings is 2. The smallest absolute Gasteiger partial charge is 0.459 e. The van der Waals surface area contributed by atoms with E-state index in [1.165, 1.54) is 25.1 Å². The quantitative estimate of drug-likeness (QED) is 0.217. The molecule has 7 atom stereocenters. The van der Waals surface area contributed by atoms with Crippen molar-refractivity contribution in [3.05, 3.63) is 86.9 Å². The van der Waals surface area contributed by atoms with Gasteiger partial charge in [-0.2, -0.15) is 5.09 Å². The maximum absolute atomic E-state index is 15.9. The van der Waals surface area contributed by atoms with Crippen molar-refractivity contribution in [2.45, 2.75) is 82.9 Å². The SMILES string of the molecule is Cc1cc(-c2ccc(OP(=O)(N[C@@H](C)C(=O)OC(C)C)O[C@@H]3C[C@@]34O[C@@H](n3ccc(=O)[nH]c3=O)[C@](C)(F)[C@@H]4O)cc2)ccc1F. The molecule has 12 nitrogen and oxygen atoms in total. The van der Waals surface area contributed by atoms with Crippen molar-refractivity contribution in [3.8, 4) is 16.9 Å². The lowest BCUT2D eigenvalue weighted by Crippen LogP contribution is -2.44. The van der Waals surface area contributed by atoms with Crippen LogP contribution in [0.1, 0.15) is 45.9 Å². The number of aliphatic hydroxyl groups is 1. The van der Waals surface area contributed by atoms with E-state index in [2.05, 4.69) is 5.09 Å². The predicted octanol–water partition coefficient (Wildman–Crippen LogP) is 3.91. The Morgan fingerprint density at radius 1 is 1.16 bits per heavy atom. The summed E-state index contributed by atoms with van der Waals surface area (Å²) in [6, 6.07) is 10.8. The summed E-state index contributed by atoms with van der Waals surface area (Å²) in [5.74, 6) is -1.00. The number of ether oxygens (including phenoxy) is 2. The molecule has 1 aromatic heterocycles. The first kappa shape index (κ1) is 32.7. The lowest BCUT2D eigenvalue weighted by molar-refractivity contribution is -0.149. The summed E-state index contributed by atoms with van der Waals surface area (Å²) in [6.45, 7) is 7.36. The molecule has 45 heavy (non-hydrogen) atoms. The highest BCUT2D eigenvalue weighted by molar-refractivity contribution is 7.52. The molecule has 15 heteroatoms. The van der Waals surface area contributed by atoms with E-state index in [9.17, 15) is 28.4 Å². The Labute approximate surface area is 256 Å². The van der Waals surface area contributed by atoms with Crippen LogP contribution >= 0.6 is 7.75 Å². The van der Waals surface area contributed by atoms with Crippen LogP contribution in [0, 0.1) is 12.7 Å². The second-order valence-electron chi connectivity index (χ2n) is 11.7. The fraction of sp³-hybridized carbons (Fsp3) is 0.433. The molecule has 0 radical (unpaired) electrons. The van der Waals surface area contributed by atoms with E-state index < -0.39 is 66.8 Å². The molecule has 3 aromatic rings. The molecule has 2 fully saturated rings. The third-order valence-electron chi connectivity index (χ3n) is 7.70. The van der Waals surface area contributed by atoms with E-state index in [1.54, 1.807) is 45.0 Å². The minimum absolute atomic E-state index is 0.0773. The zero-order valence-corrected chi connectivity index (χ0v) is 26.0. The van der Waals surface area contributed by atoms with Gasteiger partial charge in [0.1, 0.15) is 35.4 Å². The minimum atomic E-state index is -4.47. The van der Waals surface area contributed by atoms with Crippen LogP contribution in [0.5, 0.6) is 5.75 Å². The van der Waals surface area contributed by atoms with E-state index in [-0.39, 0.29) is 18.0 Å². The highest BCUT2D eigenvalue weighted by Gasteiger charge is 2.76. The van der Waals surface area contributed by atoms with Gasteiger partial charge in [0.15, 0.2) is 11.9 Å². The van der Waals surface area contributed by atoms with Gasteiger partial charge in [-0.05, 0) is 75.6 Å². The van der Waals surface area contributed by atoms with E-state index in [0.717, 1.165) is 34.9 Å². The number of rotatable bonds is 10. The maximum Gasteiger partial charge on any atom is 0.459 e. The summed E-state index contributed by atoms with van der Waals surface area (Å²) < 4.78 is 67.3. The molecule has 2 aromatic carbocycles. The Hall–Kier alpha value is -3.68. The highest BCUT2D eigenvalue weighted by Crippen LogP contribution is 2.63. The van der Waals surface area contributed by atoms with Crippen molar-refractivity contribution in [3.63, 3.8) is 0 Å². The summed E-state index contributed by atoms with van der Waals surface area (Å²) in [5.41, 5.74) is -3.99. The van der Waals surface area contributed by atoms with Crippen molar-refractivity contribution in [2.75, 3.05) is 0 Å². The Morgan fingerprint density at radius 2 is 1.82 bits per heavy atom. The Morgan fingerprint density at radius 3 is 2.44 bits per heavy atom. The summed E-state index contributed by atoms with van der Waals surface area (Å²) in [5, 5.41) is 13.6. The van der Waals surface area contributed by atoms with Crippen LogP contribution in [0.3, 0.4) is 0 Å². The number of aliphatic hydroxyl groups excluding tert-OH is 1. The number of hydrogen-bond donors (Lipinski definition) is 3. The minimum Gasteiger partial charge on any atom is -0.462 e. The normalized spacial score (nSPS) is 27.7. The fourth-order valence-electron chi connectivity index (χ4n) is 5.25. The largest absolute Gasteiger partial charge is 0.462 e. The Balaban J connectivity index is 1.40. The van der Waals surface area contributed by atoms with Crippen molar-refractivity contribution >= 4 is 13.7 Å². The zero-order chi connectivity index (χ0) is 32.9. The second kappa shape index (κ2) is 11.9. The van der Waals surface area contributed by atoms with Gasteiger partial charge in [-0.1, -0.05) is 18.2 Å². The first-order chi connectivity index (χ1) is 21.0. The van der Waals surface area contributed by atoms with Crippen molar-refractivity contribution in [1.82, 2.24) is 14.6 Å². The molecule has 2 aliphatic rings. The predicted molar refractivity (Wildman–Crippen MR) is 158 cm³/mol. The topological polar surface area (TPSA) is 158 Å². The van der Waals surface area contributed by atoms with Crippen LogP contribution in [0.25, 0.3) is 11.1 Å². The molecule has 1 saturated heterocycles. The summed E-state index contributed by atoms with van der Waals surface area (Å²) >= 11 is 0. The monoisotopic (exact) mass is 649 g/mol. The van der Waals surface area contributed by atoms with Gasteiger partial charge in [0.2, 0.25) is 0 Å². The highest BCUT2D eigenvalue weighted by atomic mass is 31.2. The number of H-pyrrole nitrogens is 1. The second-order valence-corrected chi connectivity index (χ2v) is 13.4. The summed E-state index contributed by atoms with van der Waals surface area (Å²) in [6.07, 6.45) is -4.24. The molecular formula is C30H34F2N3O9P. The van der Waals surface area contributed by atoms with Gasteiger partial charge in [-0.25, -0.2) is 18.1 Å². The lowest BCUT2D eigenvalue weighted by atomic mass is 9.97. The molecule has 1 aliphatic carbocycles. The van der Waals surface area contributed by atoms with Gasteiger partial charge < -0.3 is 19.1 Å². The molecule has 2 heterocycles. The van der Waals surface area contributed by atoms with Crippen LogP contribution in [-0.4, -0.2) is 56.3 Å². The van der Waals surface area contributed by atoms with Gasteiger partial charge in [0.05, 0.1) is 6.10 Å². The van der Waals surface area contributed by atoms with Crippen molar-refractivity contribution in [1.29, 1.82) is 0 Å². The molecule has 242 valence electrons. The number of halogens is 2. The van der Waals surface area contributed by atoms with Gasteiger partial charge >= 0.3 is 19.4 Å². The first-order valence-electron chi connectivity index (χ1n) is 14.2. The third-order valence-corrected chi connectivity index (χ3v) is 9.39. The zero-order valence-electron chi connectivity index (χ0n) is 25.2. The molecule has 1 unspecified atom stereocenters. The number of carbonyl (C=O) groups is 1. The van der Waals surface area contributed by atoms with E-state index in [4.69, 9.17) is 18.5 Å². The molecule has 0 amide bonds. The number of nitrogens with one attached hydrogen (secondary N) is 2. The van der Waals surface area contributed by atoms with Crippen LogP contribution in [0.2, 0.25) is 0 Å². The van der Waals surface area contributed by atoms with Crippen molar-refractivity contribution < 1.29 is 41.8 Å².